The van der Waals surface area contributed by atoms with E-state index in [9.17, 15) is 4.79 Å². The van der Waals surface area contributed by atoms with Crippen molar-refractivity contribution in [2.75, 3.05) is 25.4 Å². The Labute approximate surface area is 110 Å². The van der Waals surface area contributed by atoms with Crippen molar-refractivity contribution in [2.24, 2.45) is 5.92 Å². The van der Waals surface area contributed by atoms with Gasteiger partial charge in [0, 0.05) is 13.1 Å². The van der Waals surface area contributed by atoms with Gasteiger partial charge in [-0.1, -0.05) is 18.7 Å². The Hall–Kier alpha value is -1.15. The highest BCUT2D eigenvalue weighted by atomic mass is 32.2. The molecule has 0 aliphatic carbocycles. The Bertz CT molecular complexity index is 411. The predicted molar refractivity (Wildman–Crippen MR) is 66.4 cm³/mol. The summed E-state index contributed by atoms with van der Waals surface area (Å²) in [7, 11) is 0. The molecule has 1 atom stereocenters. The van der Waals surface area contributed by atoms with E-state index in [2.05, 4.69) is 27.3 Å². The monoisotopic (exact) mass is 271 g/mol. The van der Waals surface area contributed by atoms with E-state index in [1.807, 2.05) is 0 Å². The van der Waals surface area contributed by atoms with Gasteiger partial charge in [0.05, 0.1) is 5.75 Å². The van der Waals surface area contributed by atoms with Gasteiger partial charge in [-0.15, -0.1) is 5.10 Å². The van der Waals surface area contributed by atoms with Gasteiger partial charge in [0.25, 0.3) is 0 Å². The number of aromatic nitrogens is 4. The number of carboxylic acid groups (broad SMARTS) is 1. The average Bonchev–Trinajstić information content (AvgIpc) is 2.96. The zero-order valence-corrected chi connectivity index (χ0v) is 11.1. The number of carboxylic acids is 1. The van der Waals surface area contributed by atoms with Crippen LogP contribution in [-0.2, 0) is 11.3 Å². The molecule has 1 aromatic heterocycles. The van der Waals surface area contributed by atoms with Gasteiger partial charge in [-0.2, -0.15) is 0 Å². The van der Waals surface area contributed by atoms with Crippen LogP contribution in [0, 0.1) is 5.92 Å². The minimum atomic E-state index is -0.854. The van der Waals surface area contributed by atoms with Crippen molar-refractivity contribution in [3.05, 3.63) is 0 Å². The van der Waals surface area contributed by atoms with Crippen molar-refractivity contribution >= 4 is 17.7 Å². The summed E-state index contributed by atoms with van der Waals surface area (Å²) in [5.41, 5.74) is 0. The second-order valence-corrected chi connectivity index (χ2v) is 5.32. The van der Waals surface area contributed by atoms with Gasteiger partial charge in [0.2, 0.25) is 5.16 Å². The molecule has 0 spiro atoms. The first-order valence-electron chi connectivity index (χ1n) is 6.02. The number of tetrazole rings is 1. The topological polar surface area (TPSA) is 84.1 Å². The van der Waals surface area contributed by atoms with Gasteiger partial charge >= 0.3 is 5.97 Å². The van der Waals surface area contributed by atoms with Crippen LogP contribution in [0.3, 0.4) is 0 Å². The molecule has 0 bridgehead atoms. The van der Waals surface area contributed by atoms with E-state index in [-0.39, 0.29) is 5.75 Å². The summed E-state index contributed by atoms with van der Waals surface area (Å²) in [6.07, 6.45) is 1.15. The van der Waals surface area contributed by atoms with Crippen LogP contribution in [0.25, 0.3) is 0 Å². The fraction of sp³-hybridized carbons (Fsp3) is 0.800. The molecule has 0 aromatic carbocycles. The Kier molecular flexibility index (Phi) is 4.54. The predicted octanol–water partition coefficient (Wildman–Crippen LogP) is 0.192. The number of carbonyl (C=O) groups is 1. The largest absolute Gasteiger partial charge is 0.481 e. The molecule has 1 aliphatic heterocycles. The van der Waals surface area contributed by atoms with Crippen LogP contribution < -0.4 is 0 Å². The molecular formula is C10H17N5O2S. The Morgan fingerprint density at radius 2 is 2.44 bits per heavy atom. The zero-order valence-electron chi connectivity index (χ0n) is 10.3. The molecule has 7 nitrogen and oxygen atoms in total. The zero-order chi connectivity index (χ0) is 13.0. The number of hydrogen-bond donors (Lipinski definition) is 1. The average molecular weight is 271 g/mol. The summed E-state index contributed by atoms with van der Waals surface area (Å²) in [6, 6.07) is 0. The lowest BCUT2D eigenvalue weighted by Crippen LogP contribution is -2.21. The molecule has 18 heavy (non-hydrogen) atoms. The Morgan fingerprint density at radius 1 is 1.61 bits per heavy atom. The summed E-state index contributed by atoms with van der Waals surface area (Å²) < 4.78 is 1.72. The van der Waals surface area contributed by atoms with Crippen molar-refractivity contribution in [3.8, 4) is 0 Å². The molecule has 8 heteroatoms. The van der Waals surface area contributed by atoms with Crippen molar-refractivity contribution in [2.45, 2.75) is 25.0 Å². The summed E-state index contributed by atoms with van der Waals surface area (Å²) >= 11 is 1.17. The number of nitrogens with zero attached hydrogens (tertiary/aromatic N) is 5. The summed E-state index contributed by atoms with van der Waals surface area (Å²) in [5.74, 6) is -0.309. The van der Waals surface area contributed by atoms with Crippen LogP contribution in [0.5, 0.6) is 0 Å². The van der Waals surface area contributed by atoms with E-state index < -0.39 is 5.97 Å². The second kappa shape index (κ2) is 6.14. The van der Waals surface area contributed by atoms with Crippen LogP contribution in [0.1, 0.15) is 13.3 Å². The fourth-order valence-electron chi connectivity index (χ4n) is 2.13. The van der Waals surface area contributed by atoms with Crippen molar-refractivity contribution in [1.29, 1.82) is 0 Å². The standard InChI is InChI=1S/C10H17N5O2S/c1-2-14-4-3-8(5-14)6-15-10(11-12-13-15)18-7-9(16)17/h8H,2-7H2,1H3,(H,16,17). The number of aliphatic carboxylic acids is 1. The molecule has 100 valence electrons. The molecule has 1 saturated heterocycles. The maximum atomic E-state index is 10.5. The molecule has 2 heterocycles. The van der Waals surface area contributed by atoms with E-state index in [4.69, 9.17) is 5.11 Å². The molecule has 1 unspecified atom stereocenters. The molecule has 1 N–H and O–H groups in total. The SMILES string of the molecule is CCN1CCC(Cn2nnnc2SCC(=O)O)C1. The van der Waals surface area contributed by atoms with Gasteiger partial charge in [-0.3, -0.25) is 4.79 Å². The third kappa shape index (κ3) is 3.42. The van der Waals surface area contributed by atoms with Gasteiger partial charge in [0.15, 0.2) is 0 Å². The van der Waals surface area contributed by atoms with E-state index in [0.717, 1.165) is 32.6 Å². The van der Waals surface area contributed by atoms with Crippen LogP contribution in [0.4, 0.5) is 0 Å². The number of hydrogen-bond acceptors (Lipinski definition) is 6. The van der Waals surface area contributed by atoms with E-state index in [1.54, 1.807) is 4.68 Å². The van der Waals surface area contributed by atoms with E-state index in [0.29, 0.717) is 11.1 Å². The van der Waals surface area contributed by atoms with Crippen molar-refractivity contribution in [1.82, 2.24) is 25.1 Å². The molecule has 0 radical (unpaired) electrons. The molecule has 0 saturated carbocycles. The molecule has 1 fully saturated rings. The van der Waals surface area contributed by atoms with Crippen LogP contribution in [0.15, 0.2) is 5.16 Å². The van der Waals surface area contributed by atoms with Gasteiger partial charge in [-0.25, -0.2) is 4.68 Å². The highest BCUT2D eigenvalue weighted by Gasteiger charge is 2.23. The maximum absolute atomic E-state index is 10.5. The summed E-state index contributed by atoms with van der Waals surface area (Å²) in [6.45, 7) is 6.20. The third-order valence-corrected chi connectivity index (χ3v) is 4.01. The lowest BCUT2D eigenvalue weighted by Gasteiger charge is -2.13. The summed E-state index contributed by atoms with van der Waals surface area (Å²) in [5, 5.41) is 20.6. The van der Waals surface area contributed by atoms with Crippen LogP contribution >= 0.6 is 11.8 Å². The quantitative estimate of drug-likeness (QED) is 0.739. The number of thioether (sulfide) groups is 1. The van der Waals surface area contributed by atoms with Crippen molar-refractivity contribution in [3.63, 3.8) is 0 Å². The highest BCUT2D eigenvalue weighted by molar-refractivity contribution is 7.99. The van der Waals surface area contributed by atoms with Gasteiger partial charge in [0.1, 0.15) is 0 Å². The lowest BCUT2D eigenvalue weighted by atomic mass is 10.1. The molecule has 1 aromatic rings. The number of rotatable bonds is 6. The maximum Gasteiger partial charge on any atom is 0.313 e. The minimum absolute atomic E-state index is 0.00781. The normalized spacial score (nSPS) is 20.4. The van der Waals surface area contributed by atoms with E-state index in [1.165, 1.54) is 11.8 Å². The summed E-state index contributed by atoms with van der Waals surface area (Å²) in [4.78, 5) is 12.9. The molecular weight excluding hydrogens is 254 g/mol. The number of likely N-dealkylation sites (tertiary alicyclic amines) is 1. The smallest absolute Gasteiger partial charge is 0.313 e. The Morgan fingerprint density at radius 3 is 3.11 bits per heavy atom. The fourth-order valence-corrected chi connectivity index (χ4v) is 2.74. The van der Waals surface area contributed by atoms with Crippen molar-refractivity contribution < 1.29 is 9.90 Å². The van der Waals surface area contributed by atoms with Crippen LogP contribution in [0.2, 0.25) is 0 Å². The molecule has 2 rings (SSSR count). The first kappa shape index (κ1) is 13.3. The van der Waals surface area contributed by atoms with Crippen LogP contribution in [-0.4, -0.2) is 61.6 Å². The second-order valence-electron chi connectivity index (χ2n) is 4.37. The molecule has 1 aliphatic rings. The first-order valence-corrected chi connectivity index (χ1v) is 7.00. The first-order chi connectivity index (χ1) is 8.69. The van der Waals surface area contributed by atoms with E-state index >= 15 is 0 Å². The molecule has 0 amide bonds. The lowest BCUT2D eigenvalue weighted by molar-refractivity contribution is -0.133. The van der Waals surface area contributed by atoms with Gasteiger partial charge in [-0.05, 0) is 35.9 Å². The third-order valence-electron chi connectivity index (χ3n) is 3.07. The Balaban J connectivity index is 1.89. The minimum Gasteiger partial charge on any atom is -0.481 e. The van der Waals surface area contributed by atoms with Gasteiger partial charge < -0.3 is 10.0 Å². The highest BCUT2D eigenvalue weighted by Crippen LogP contribution is 2.20.